The maximum atomic E-state index is 5.87. The van der Waals surface area contributed by atoms with Gasteiger partial charge in [-0.3, -0.25) is 0 Å². The monoisotopic (exact) mass is 347 g/mol. The number of benzene rings is 2. The number of fused-ring (bicyclic) bond motifs is 1. The van der Waals surface area contributed by atoms with Crippen molar-refractivity contribution in [3.05, 3.63) is 66.2 Å². The molecule has 0 radical (unpaired) electrons. The highest BCUT2D eigenvalue weighted by molar-refractivity contribution is 5.84. The van der Waals surface area contributed by atoms with Crippen molar-refractivity contribution < 1.29 is 13.9 Å². The molecule has 0 saturated heterocycles. The molecule has 4 rings (SSSR count). The molecule has 0 N–H and O–H groups in total. The molecule has 2 heterocycles. The summed E-state index contributed by atoms with van der Waals surface area (Å²) in [6.07, 6.45) is 0. The van der Waals surface area contributed by atoms with Crippen LogP contribution in [0.1, 0.15) is 11.6 Å². The van der Waals surface area contributed by atoms with E-state index in [0.29, 0.717) is 17.5 Å². The molecule has 6 heteroatoms. The molecule has 130 valence electrons. The van der Waals surface area contributed by atoms with Crippen LogP contribution in [0.4, 0.5) is 0 Å². The van der Waals surface area contributed by atoms with Crippen LogP contribution in [0.5, 0.6) is 11.5 Å². The average molecular weight is 347 g/mol. The standard InChI is InChI=1S/C20H17N3O3/c1-13-6-7-14-4-3-5-17(19(14)21-13)25-12-18-22-23-20(26-18)15-8-10-16(24-2)11-9-15/h3-11H,12H2,1-2H3. The van der Waals surface area contributed by atoms with E-state index in [4.69, 9.17) is 13.9 Å². The van der Waals surface area contributed by atoms with Gasteiger partial charge in [-0.25, -0.2) is 4.98 Å². The Morgan fingerprint density at radius 2 is 1.81 bits per heavy atom. The van der Waals surface area contributed by atoms with Gasteiger partial charge in [0.25, 0.3) is 5.89 Å². The Labute approximate surface area is 150 Å². The highest BCUT2D eigenvalue weighted by Gasteiger charge is 2.11. The summed E-state index contributed by atoms with van der Waals surface area (Å²) in [6, 6.07) is 17.3. The molecule has 0 aliphatic carbocycles. The Kier molecular flexibility index (Phi) is 4.23. The zero-order valence-electron chi connectivity index (χ0n) is 14.5. The Morgan fingerprint density at radius 3 is 2.62 bits per heavy atom. The highest BCUT2D eigenvalue weighted by Crippen LogP contribution is 2.25. The van der Waals surface area contributed by atoms with E-state index < -0.39 is 0 Å². The van der Waals surface area contributed by atoms with E-state index in [1.165, 1.54) is 0 Å². The molecular formula is C20H17N3O3. The van der Waals surface area contributed by atoms with Crippen molar-refractivity contribution in [2.24, 2.45) is 0 Å². The topological polar surface area (TPSA) is 70.3 Å². The molecule has 0 amide bonds. The van der Waals surface area contributed by atoms with Crippen LogP contribution in [0.25, 0.3) is 22.4 Å². The second-order valence-corrected chi connectivity index (χ2v) is 5.80. The van der Waals surface area contributed by atoms with Crippen molar-refractivity contribution in [1.29, 1.82) is 0 Å². The summed E-state index contributed by atoms with van der Waals surface area (Å²) in [6.45, 7) is 2.13. The van der Waals surface area contributed by atoms with Crippen molar-refractivity contribution in [1.82, 2.24) is 15.2 Å². The van der Waals surface area contributed by atoms with E-state index in [9.17, 15) is 0 Å². The molecule has 0 aliphatic heterocycles. The highest BCUT2D eigenvalue weighted by atomic mass is 16.5. The molecule has 2 aromatic carbocycles. The van der Waals surface area contributed by atoms with Crippen LogP contribution in [0.3, 0.4) is 0 Å². The molecule has 0 aliphatic rings. The number of hydrogen-bond donors (Lipinski definition) is 0. The first-order valence-corrected chi connectivity index (χ1v) is 8.19. The fourth-order valence-corrected chi connectivity index (χ4v) is 2.64. The van der Waals surface area contributed by atoms with Crippen molar-refractivity contribution in [2.45, 2.75) is 13.5 Å². The summed E-state index contributed by atoms with van der Waals surface area (Å²) in [4.78, 5) is 4.55. The summed E-state index contributed by atoms with van der Waals surface area (Å²) in [5.41, 5.74) is 2.59. The number of ether oxygens (including phenoxy) is 2. The third-order valence-corrected chi connectivity index (χ3v) is 3.98. The zero-order valence-corrected chi connectivity index (χ0v) is 14.5. The molecule has 0 fully saturated rings. The quantitative estimate of drug-likeness (QED) is 0.539. The lowest BCUT2D eigenvalue weighted by molar-refractivity contribution is 0.267. The van der Waals surface area contributed by atoms with E-state index >= 15 is 0 Å². The zero-order chi connectivity index (χ0) is 17.9. The maximum Gasteiger partial charge on any atom is 0.254 e. The van der Waals surface area contributed by atoms with Gasteiger partial charge in [0.2, 0.25) is 5.89 Å². The summed E-state index contributed by atoms with van der Waals surface area (Å²) >= 11 is 0. The number of aromatic nitrogens is 3. The summed E-state index contributed by atoms with van der Waals surface area (Å²) in [5.74, 6) is 2.31. The van der Waals surface area contributed by atoms with E-state index in [-0.39, 0.29) is 6.61 Å². The van der Waals surface area contributed by atoms with E-state index in [0.717, 1.165) is 27.9 Å². The Morgan fingerprint density at radius 1 is 0.962 bits per heavy atom. The second-order valence-electron chi connectivity index (χ2n) is 5.80. The van der Waals surface area contributed by atoms with Crippen LogP contribution >= 0.6 is 0 Å². The smallest absolute Gasteiger partial charge is 0.254 e. The largest absolute Gasteiger partial charge is 0.497 e. The molecule has 0 spiro atoms. The number of para-hydroxylation sites is 1. The van der Waals surface area contributed by atoms with Crippen molar-refractivity contribution in [2.75, 3.05) is 7.11 Å². The maximum absolute atomic E-state index is 5.87. The Hall–Kier alpha value is -3.41. The summed E-state index contributed by atoms with van der Waals surface area (Å²) in [7, 11) is 1.63. The fourth-order valence-electron chi connectivity index (χ4n) is 2.64. The second kappa shape index (κ2) is 6.84. The normalized spacial score (nSPS) is 10.8. The van der Waals surface area contributed by atoms with Crippen molar-refractivity contribution in [3.63, 3.8) is 0 Å². The third-order valence-electron chi connectivity index (χ3n) is 3.98. The van der Waals surface area contributed by atoms with Gasteiger partial charge >= 0.3 is 0 Å². The predicted molar refractivity (Wildman–Crippen MR) is 97.1 cm³/mol. The van der Waals surface area contributed by atoms with Gasteiger partial charge < -0.3 is 13.9 Å². The van der Waals surface area contributed by atoms with Crippen LogP contribution in [0, 0.1) is 6.92 Å². The number of pyridine rings is 1. The lowest BCUT2D eigenvalue weighted by atomic mass is 10.2. The van der Waals surface area contributed by atoms with Crippen LogP contribution in [0.15, 0.2) is 59.0 Å². The van der Waals surface area contributed by atoms with Crippen LogP contribution in [0.2, 0.25) is 0 Å². The van der Waals surface area contributed by atoms with Gasteiger partial charge in [-0.15, -0.1) is 10.2 Å². The summed E-state index contributed by atoms with van der Waals surface area (Å²) in [5, 5.41) is 9.16. The van der Waals surface area contributed by atoms with Crippen LogP contribution in [-0.2, 0) is 6.61 Å². The van der Waals surface area contributed by atoms with Gasteiger partial charge in [0.1, 0.15) is 17.0 Å². The SMILES string of the molecule is COc1ccc(-c2nnc(COc3cccc4ccc(C)nc34)o2)cc1. The number of nitrogens with zero attached hydrogens (tertiary/aromatic N) is 3. The minimum Gasteiger partial charge on any atom is -0.497 e. The number of aryl methyl sites for hydroxylation is 1. The average Bonchev–Trinajstić information content (AvgIpc) is 3.15. The van der Waals surface area contributed by atoms with Crippen molar-refractivity contribution >= 4 is 10.9 Å². The van der Waals surface area contributed by atoms with Crippen LogP contribution in [-0.4, -0.2) is 22.3 Å². The van der Waals surface area contributed by atoms with E-state index in [1.54, 1.807) is 7.11 Å². The molecule has 0 bridgehead atoms. The molecule has 26 heavy (non-hydrogen) atoms. The molecule has 4 aromatic rings. The number of rotatable bonds is 5. The van der Waals surface area contributed by atoms with Gasteiger partial charge in [-0.2, -0.15) is 0 Å². The van der Waals surface area contributed by atoms with Gasteiger partial charge in [0, 0.05) is 16.6 Å². The van der Waals surface area contributed by atoms with Gasteiger partial charge in [0.15, 0.2) is 6.61 Å². The number of hydrogen-bond acceptors (Lipinski definition) is 6. The summed E-state index contributed by atoms with van der Waals surface area (Å²) < 4.78 is 16.7. The van der Waals surface area contributed by atoms with Gasteiger partial charge in [0.05, 0.1) is 7.11 Å². The first-order valence-electron chi connectivity index (χ1n) is 8.19. The molecule has 6 nitrogen and oxygen atoms in total. The molecular weight excluding hydrogens is 330 g/mol. The Bertz CT molecular complexity index is 1040. The number of methoxy groups -OCH3 is 1. The fraction of sp³-hybridized carbons (Fsp3) is 0.150. The minimum absolute atomic E-state index is 0.178. The molecule has 0 saturated carbocycles. The van der Waals surface area contributed by atoms with Gasteiger partial charge in [-0.05, 0) is 43.3 Å². The predicted octanol–water partition coefficient (Wildman–Crippen LogP) is 4.18. The first kappa shape index (κ1) is 16.1. The third kappa shape index (κ3) is 3.21. The lowest BCUT2D eigenvalue weighted by Crippen LogP contribution is -1.97. The van der Waals surface area contributed by atoms with Crippen molar-refractivity contribution in [3.8, 4) is 23.0 Å². The van der Waals surface area contributed by atoms with Crippen LogP contribution < -0.4 is 9.47 Å². The van der Waals surface area contributed by atoms with Gasteiger partial charge in [-0.1, -0.05) is 18.2 Å². The molecule has 2 aromatic heterocycles. The molecule has 0 unspecified atom stereocenters. The van der Waals surface area contributed by atoms with E-state index in [2.05, 4.69) is 15.2 Å². The Balaban J connectivity index is 1.52. The van der Waals surface area contributed by atoms with E-state index in [1.807, 2.05) is 61.5 Å². The first-order chi connectivity index (χ1) is 12.7. The lowest BCUT2D eigenvalue weighted by Gasteiger charge is -2.07. The molecule has 0 atom stereocenters. The minimum atomic E-state index is 0.178.